The largest absolute Gasteiger partial charge is 0.465 e. The van der Waals surface area contributed by atoms with Gasteiger partial charge in [0.2, 0.25) is 5.91 Å². The van der Waals surface area contributed by atoms with Crippen LogP contribution in [0.15, 0.2) is 6.07 Å². The normalized spacial score (nSPS) is 28.0. The minimum atomic E-state index is -0.474. The number of amides is 1. The summed E-state index contributed by atoms with van der Waals surface area (Å²) in [6.45, 7) is 5.54. The van der Waals surface area contributed by atoms with E-state index in [4.69, 9.17) is 4.74 Å². The molecule has 3 aliphatic rings. The van der Waals surface area contributed by atoms with Crippen LogP contribution in [0.25, 0.3) is 0 Å². The second-order valence-corrected chi connectivity index (χ2v) is 8.87. The van der Waals surface area contributed by atoms with Gasteiger partial charge in [-0.2, -0.15) is 5.26 Å². The van der Waals surface area contributed by atoms with Crippen LogP contribution in [-0.2, 0) is 9.53 Å². The van der Waals surface area contributed by atoms with E-state index >= 15 is 0 Å². The molecule has 0 aromatic carbocycles. The third-order valence-corrected chi connectivity index (χ3v) is 7.10. The molecule has 2 bridgehead atoms. The number of esters is 1. The van der Waals surface area contributed by atoms with Crippen LogP contribution in [0.3, 0.4) is 0 Å². The molecule has 0 spiro atoms. The van der Waals surface area contributed by atoms with Crippen LogP contribution in [0.1, 0.15) is 67.1 Å². The quantitative estimate of drug-likeness (QED) is 0.709. The number of pyridine rings is 1. The van der Waals surface area contributed by atoms with Crippen molar-refractivity contribution in [2.45, 2.75) is 64.5 Å². The number of ether oxygens (including phenoxy) is 1. The number of hydrogen-bond donors (Lipinski definition) is 0. The van der Waals surface area contributed by atoms with Gasteiger partial charge in [0.25, 0.3) is 0 Å². The standard InChI is InChI=1S/C23H30N4O3/c1-4-6-19-16-9-17(20-7-5-8-21(28)27(19)20)13-26(12-16)22-15(11-24)10-18(14(2)25-22)23(29)30-3/h10,16-17,19-20H,4-9,12-13H2,1-3H3/t16-,17+,19-,20-/m0/s1. The number of nitriles is 1. The van der Waals surface area contributed by atoms with E-state index in [1.165, 1.54) is 7.11 Å². The Balaban J connectivity index is 1.68. The van der Waals surface area contributed by atoms with Gasteiger partial charge in [0.1, 0.15) is 11.9 Å². The van der Waals surface area contributed by atoms with Crippen LogP contribution in [0.5, 0.6) is 0 Å². The molecule has 4 rings (SSSR count). The average Bonchev–Trinajstić information content (AvgIpc) is 2.76. The zero-order chi connectivity index (χ0) is 21.4. The molecular formula is C23H30N4O3. The number of fused-ring (bicyclic) bond motifs is 4. The Bertz CT molecular complexity index is 893. The van der Waals surface area contributed by atoms with Gasteiger partial charge in [0, 0.05) is 31.6 Å². The summed E-state index contributed by atoms with van der Waals surface area (Å²) < 4.78 is 4.83. The second kappa shape index (κ2) is 8.25. The number of hydrogen-bond acceptors (Lipinski definition) is 6. The van der Waals surface area contributed by atoms with Gasteiger partial charge < -0.3 is 14.5 Å². The number of nitrogens with zero attached hydrogens (tertiary/aromatic N) is 4. The molecular weight excluding hydrogens is 380 g/mol. The lowest BCUT2D eigenvalue weighted by Gasteiger charge is -2.57. The molecule has 1 aromatic rings. The monoisotopic (exact) mass is 410 g/mol. The molecule has 1 aromatic heterocycles. The number of aromatic nitrogens is 1. The molecule has 0 saturated carbocycles. The molecule has 0 radical (unpaired) electrons. The molecule has 7 nitrogen and oxygen atoms in total. The summed E-state index contributed by atoms with van der Waals surface area (Å²) in [4.78, 5) is 33.9. The van der Waals surface area contributed by atoms with Gasteiger partial charge in [-0.1, -0.05) is 13.3 Å². The Labute approximate surface area is 178 Å². The summed E-state index contributed by atoms with van der Waals surface area (Å²) in [5.41, 5.74) is 1.32. The van der Waals surface area contributed by atoms with E-state index in [2.05, 4.69) is 27.8 Å². The summed E-state index contributed by atoms with van der Waals surface area (Å²) in [7, 11) is 1.33. The zero-order valence-corrected chi connectivity index (χ0v) is 18.1. The summed E-state index contributed by atoms with van der Waals surface area (Å²) in [5.74, 6) is 1.29. The third kappa shape index (κ3) is 3.42. The first kappa shape index (κ1) is 20.6. The van der Waals surface area contributed by atoms with Crippen molar-refractivity contribution in [1.29, 1.82) is 5.26 Å². The maximum atomic E-state index is 12.8. The van der Waals surface area contributed by atoms with E-state index in [0.29, 0.717) is 52.8 Å². The molecule has 0 aliphatic carbocycles. The molecule has 3 aliphatic heterocycles. The number of anilines is 1. The Hall–Kier alpha value is -2.62. The highest BCUT2D eigenvalue weighted by molar-refractivity contribution is 5.91. The summed E-state index contributed by atoms with van der Waals surface area (Å²) in [5, 5.41) is 9.76. The first-order valence-corrected chi connectivity index (χ1v) is 11.0. The smallest absolute Gasteiger partial charge is 0.339 e. The fourth-order valence-corrected chi connectivity index (χ4v) is 5.85. The molecule has 4 heterocycles. The topological polar surface area (TPSA) is 86.5 Å². The first-order valence-electron chi connectivity index (χ1n) is 11.0. The van der Waals surface area contributed by atoms with Gasteiger partial charge in [0.05, 0.1) is 23.9 Å². The van der Waals surface area contributed by atoms with Gasteiger partial charge in [-0.05, 0) is 50.5 Å². The van der Waals surface area contributed by atoms with Crippen molar-refractivity contribution < 1.29 is 14.3 Å². The van der Waals surface area contributed by atoms with Crippen LogP contribution >= 0.6 is 0 Å². The predicted octanol–water partition coefficient (Wildman–Crippen LogP) is 3.05. The van der Waals surface area contributed by atoms with E-state index in [1.807, 2.05) is 0 Å². The number of piperidine rings is 3. The zero-order valence-electron chi connectivity index (χ0n) is 18.1. The Morgan fingerprint density at radius 3 is 2.83 bits per heavy atom. The fourth-order valence-electron chi connectivity index (χ4n) is 5.85. The molecule has 0 unspecified atom stereocenters. The Morgan fingerprint density at radius 2 is 2.13 bits per heavy atom. The number of methoxy groups -OCH3 is 1. The van der Waals surface area contributed by atoms with Gasteiger partial charge >= 0.3 is 5.97 Å². The molecule has 160 valence electrons. The SMILES string of the molecule is CCC[C@H]1[C@H]2C[C@H](CN(c3nc(C)c(C(=O)OC)cc3C#N)C2)[C@@H]2CCCC(=O)N21. The van der Waals surface area contributed by atoms with Crippen LogP contribution in [0.2, 0.25) is 0 Å². The molecule has 3 saturated heterocycles. The Kier molecular flexibility index (Phi) is 5.68. The van der Waals surface area contributed by atoms with Crippen LogP contribution < -0.4 is 4.90 Å². The minimum Gasteiger partial charge on any atom is -0.465 e. The van der Waals surface area contributed by atoms with E-state index in [9.17, 15) is 14.9 Å². The lowest BCUT2D eigenvalue weighted by atomic mass is 9.71. The van der Waals surface area contributed by atoms with E-state index in [-0.39, 0.29) is 6.04 Å². The van der Waals surface area contributed by atoms with Crippen molar-refractivity contribution in [3.63, 3.8) is 0 Å². The lowest BCUT2D eigenvalue weighted by molar-refractivity contribution is -0.149. The molecule has 3 fully saturated rings. The maximum absolute atomic E-state index is 12.8. The van der Waals surface area contributed by atoms with Crippen molar-refractivity contribution in [2.75, 3.05) is 25.1 Å². The highest BCUT2D eigenvalue weighted by Crippen LogP contribution is 2.44. The average molecular weight is 411 g/mol. The van der Waals surface area contributed by atoms with Gasteiger partial charge in [-0.15, -0.1) is 0 Å². The van der Waals surface area contributed by atoms with Crippen LogP contribution in [-0.4, -0.2) is 54.0 Å². The number of carbonyl (C=O) groups is 2. The lowest BCUT2D eigenvalue weighted by Crippen LogP contribution is -2.65. The molecule has 7 heteroatoms. The van der Waals surface area contributed by atoms with Crippen LogP contribution in [0.4, 0.5) is 5.82 Å². The van der Waals surface area contributed by atoms with E-state index in [1.54, 1.807) is 13.0 Å². The summed E-state index contributed by atoms with van der Waals surface area (Å²) in [6.07, 6.45) is 5.92. The third-order valence-electron chi connectivity index (χ3n) is 7.10. The second-order valence-electron chi connectivity index (χ2n) is 8.87. The van der Waals surface area contributed by atoms with Crippen molar-refractivity contribution in [3.05, 3.63) is 22.9 Å². The first-order chi connectivity index (χ1) is 14.5. The number of aryl methyl sites for hydroxylation is 1. The van der Waals surface area contributed by atoms with Crippen molar-refractivity contribution in [2.24, 2.45) is 11.8 Å². The fraction of sp³-hybridized carbons (Fsp3) is 0.652. The molecule has 30 heavy (non-hydrogen) atoms. The van der Waals surface area contributed by atoms with Crippen molar-refractivity contribution >= 4 is 17.7 Å². The minimum absolute atomic E-state index is 0.271. The van der Waals surface area contributed by atoms with Crippen molar-refractivity contribution in [1.82, 2.24) is 9.88 Å². The highest BCUT2D eigenvalue weighted by atomic mass is 16.5. The van der Waals surface area contributed by atoms with Crippen LogP contribution in [0, 0.1) is 30.1 Å². The number of rotatable bonds is 4. The Morgan fingerprint density at radius 1 is 1.37 bits per heavy atom. The summed E-state index contributed by atoms with van der Waals surface area (Å²) >= 11 is 0. The van der Waals surface area contributed by atoms with Gasteiger partial charge in [0.15, 0.2) is 0 Å². The summed E-state index contributed by atoms with van der Waals surface area (Å²) in [6, 6.07) is 4.40. The number of carbonyl (C=O) groups excluding carboxylic acids is 2. The van der Waals surface area contributed by atoms with Crippen molar-refractivity contribution in [3.8, 4) is 6.07 Å². The van der Waals surface area contributed by atoms with Gasteiger partial charge in [-0.25, -0.2) is 9.78 Å². The van der Waals surface area contributed by atoms with E-state index in [0.717, 1.165) is 45.2 Å². The predicted molar refractivity (Wildman–Crippen MR) is 112 cm³/mol. The highest BCUT2D eigenvalue weighted by Gasteiger charge is 2.49. The maximum Gasteiger partial charge on any atom is 0.339 e. The van der Waals surface area contributed by atoms with Gasteiger partial charge in [-0.3, -0.25) is 4.79 Å². The molecule has 0 N–H and O–H groups in total. The molecule has 4 atom stereocenters. The van der Waals surface area contributed by atoms with E-state index < -0.39 is 5.97 Å². The molecule has 1 amide bonds.